The van der Waals surface area contributed by atoms with E-state index in [0.717, 1.165) is 29.7 Å². The van der Waals surface area contributed by atoms with Crippen molar-refractivity contribution in [1.29, 1.82) is 0 Å². The minimum absolute atomic E-state index is 0.147. The molecule has 104 valence electrons. The maximum atomic E-state index is 6.15. The molecule has 1 saturated carbocycles. The fourth-order valence-electron chi connectivity index (χ4n) is 2.07. The molecule has 2 heterocycles. The molecule has 1 fully saturated rings. The largest absolute Gasteiger partial charge is 0.490 e. The maximum absolute atomic E-state index is 6.15. The SMILES string of the molecule is CNC1(COc2cnc(Cl)c(-c3cccnc3)c2)CC1. The molecule has 0 unspecified atom stereocenters. The van der Waals surface area contributed by atoms with E-state index in [4.69, 9.17) is 16.3 Å². The molecule has 0 aromatic carbocycles. The van der Waals surface area contributed by atoms with Gasteiger partial charge in [0.25, 0.3) is 0 Å². The molecule has 1 aliphatic carbocycles. The average Bonchev–Trinajstić information content (AvgIpc) is 3.28. The van der Waals surface area contributed by atoms with Crippen LogP contribution < -0.4 is 10.1 Å². The third-order valence-corrected chi connectivity index (χ3v) is 3.99. The molecule has 20 heavy (non-hydrogen) atoms. The van der Waals surface area contributed by atoms with Crippen LogP contribution in [0.5, 0.6) is 5.75 Å². The Morgan fingerprint density at radius 3 is 2.90 bits per heavy atom. The van der Waals surface area contributed by atoms with E-state index in [-0.39, 0.29) is 5.54 Å². The third-order valence-electron chi connectivity index (χ3n) is 3.69. The summed E-state index contributed by atoms with van der Waals surface area (Å²) in [6, 6.07) is 5.74. The number of ether oxygens (including phenoxy) is 1. The lowest BCUT2D eigenvalue weighted by molar-refractivity contribution is 0.259. The molecule has 4 nitrogen and oxygen atoms in total. The number of hydrogen-bond donors (Lipinski definition) is 1. The highest BCUT2D eigenvalue weighted by molar-refractivity contribution is 6.32. The predicted molar refractivity (Wildman–Crippen MR) is 79.0 cm³/mol. The van der Waals surface area contributed by atoms with Crippen LogP contribution in [-0.4, -0.2) is 29.2 Å². The third kappa shape index (κ3) is 2.76. The molecule has 0 aliphatic heterocycles. The van der Waals surface area contributed by atoms with Gasteiger partial charge >= 0.3 is 0 Å². The first-order valence-electron chi connectivity index (χ1n) is 6.60. The van der Waals surface area contributed by atoms with Gasteiger partial charge in [-0.1, -0.05) is 17.7 Å². The lowest BCUT2D eigenvalue weighted by Crippen LogP contribution is -2.33. The van der Waals surface area contributed by atoms with Gasteiger partial charge < -0.3 is 10.1 Å². The minimum Gasteiger partial charge on any atom is -0.490 e. The van der Waals surface area contributed by atoms with Crippen LogP contribution in [0.25, 0.3) is 11.1 Å². The van der Waals surface area contributed by atoms with Crippen LogP contribution in [0.2, 0.25) is 5.15 Å². The summed E-state index contributed by atoms with van der Waals surface area (Å²) in [5, 5.41) is 3.76. The van der Waals surface area contributed by atoms with Crippen molar-refractivity contribution in [3.63, 3.8) is 0 Å². The number of pyridine rings is 2. The summed E-state index contributed by atoms with van der Waals surface area (Å²) in [4.78, 5) is 8.30. The fourth-order valence-corrected chi connectivity index (χ4v) is 2.28. The van der Waals surface area contributed by atoms with Crippen molar-refractivity contribution in [3.8, 4) is 16.9 Å². The summed E-state index contributed by atoms with van der Waals surface area (Å²) in [5.74, 6) is 0.731. The number of hydrogen-bond acceptors (Lipinski definition) is 4. The van der Waals surface area contributed by atoms with Crippen molar-refractivity contribution < 1.29 is 4.74 Å². The monoisotopic (exact) mass is 289 g/mol. The molecular formula is C15H16ClN3O. The predicted octanol–water partition coefficient (Wildman–Crippen LogP) is 2.93. The second-order valence-corrected chi connectivity index (χ2v) is 5.43. The number of halogens is 1. The van der Waals surface area contributed by atoms with Gasteiger partial charge in [0, 0.05) is 23.5 Å². The molecular weight excluding hydrogens is 274 g/mol. The van der Waals surface area contributed by atoms with E-state index in [1.54, 1.807) is 18.6 Å². The summed E-state index contributed by atoms with van der Waals surface area (Å²) >= 11 is 6.15. The number of nitrogens with zero attached hydrogens (tertiary/aromatic N) is 2. The van der Waals surface area contributed by atoms with Crippen LogP contribution in [0.3, 0.4) is 0 Å². The Morgan fingerprint density at radius 1 is 1.40 bits per heavy atom. The molecule has 0 saturated heterocycles. The summed E-state index contributed by atoms with van der Waals surface area (Å²) in [5.41, 5.74) is 1.92. The zero-order valence-electron chi connectivity index (χ0n) is 11.3. The summed E-state index contributed by atoms with van der Waals surface area (Å²) < 4.78 is 5.84. The highest BCUT2D eigenvalue weighted by Gasteiger charge is 2.41. The summed E-state index contributed by atoms with van der Waals surface area (Å²) in [7, 11) is 1.97. The van der Waals surface area contributed by atoms with Crippen molar-refractivity contribution in [2.24, 2.45) is 0 Å². The van der Waals surface area contributed by atoms with Crippen LogP contribution in [0.1, 0.15) is 12.8 Å². The Labute approximate surface area is 123 Å². The van der Waals surface area contributed by atoms with Gasteiger partial charge in [0.15, 0.2) is 0 Å². The molecule has 0 atom stereocenters. The molecule has 1 aliphatic rings. The van der Waals surface area contributed by atoms with E-state index >= 15 is 0 Å². The van der Waals surface area contributed by atoms with Crippen LogP contribution in [0.4, 0.5) is 0 Å². The normalized spacial score (nSPS) is 15.9. The molecule has 3 rings (SSSR count). The topological polar surface area (TPSA) is 47.0 Å². The summed E-state index contributed by atoms with van der Waals surface area (Å²) in [6.45, 7) is 0.652. The van der Waals surface area contributed by atoms with Gasteiger partial charge in [-0.05, 0) is 32.0 Å². The Kier molecular flexibility index (Phi) is 3.59. The number of nitrogens with one attached hydrogen (secondary N) is 1. The molecule has 2 aromatic heterocycles. The molecule has 5 heteroatoms. The van der Waals surface area contributed by atoms with E-state index in [1.165, 1.54) is 0 Å². The second-order valence-electron chi connectivity index (χ2n) is 5.07. The van der Waals surface area contributed by atoms with Crippen molar-refractivity contribution in [2.75, 3.05) is 13.7 Å². The molecule has 0 bridgehead atoms. The Balaban J connectivity index is 1.80. The van der Waals surface area contributed by atoms with Crippen LogP contribution in [-0.2, 0) is 0 Å². The quantitative estimate of drug-likeness (QED) is 0.860. The Hall–Kier alpha value is -1.65. The zero-order chi connectivity index (χ0) is 14.0. The zero-order valence-corrected chi connectivity index (χ0v) is 12.0. The fraction of sp³-hybridized carbons (Fsp3) is 0.333. The van der Waals surface area contributed by atoms with Crippen LogP contribution >= 0.6 is 11.6 Å². The van der Waals surface area contributed by atoms with Crippen LogP contribution in [0.15, 0.2) is 36.8 Å². The molecule has 1 N–H and O–H groups in total. The number of rotatable bonds is 5. The Morgan fingerprint density at radius 2 is 2.25 bits per heavy atom. The van der Waals surface area contributed by atoms with Crippen molar-refractivity contribution in [1.82, 2.24) is 15.3 Å². The highest BCUT2D eigenvalue weighted by atomic mass is 35.5. The van der Waals surface area contributed by atoms with Gasteiger partial charge in [0.05, 0.1) is 11.7 Å². The van der Waals surface area contributed by atoms with Crippen molar-refractivity contribution >= 4 is 11.6 Å². The average molecular weight is 290 g/mol. The van der Waals surface area contributed by atoms with E-state index < -0.39 is 0 Å². The van der Waals surface area contributed by atoms with Crippen molar-refractivity contribution in [2.45, 2.75) is 18.4 Å². The Bertz CT molecular complexity index is 599. The van der Waals surface area contributed by atoms with E-state index in [1.807, 2.05) is 25.2 Å². The smallest absolute Gasteiger partial charge is 0.138 e. The summed E-state index contributed by atoms with van der Waals surface area (Å²) in [6.07, 6.45) is 7.46. The van der Waals surface area contributed by atoms with Gasteiger partial charge in [0.1, 0.15) is 17.5 Å². The first-order valence-corrected chi connectivity index (χ1v) is 6.98. The molecule has 0 spiro atoms. The standard InChI is InChI=1S/C15H16ClN3O/c1-17-15(4-5-15)10-20-12-7-13(14(16)19-9-12)11-3-2-6-18-8-11/h2-3,6-9,17H,4-5,10H2,1H3. The number of likely N-dealkylation sites (N-methyl/N-ethyl adjacent to an activating group) is 1. The lowest BCUT2D eigenvalue weighted by atomic mass is 10.1. The van der Waals surface area contributed by atoms with Gasteiger partial charge in [-0.2, -0.15) is 0 Å². The highest BCUT2D eigenvalue weighted by Crippen LogP contribution is 2.36. The lowest BCUT2D eigenvalue weighted by Gasteiger charge is -2.15. The van der Waals surface area contributed by atoms with Crippen LogP contribution in [0, 0.1) is 0 Å². The molecule has 0 amide bonds. The molecule has 2 aromatic rings. The minimum atomic E-state index is 0.147. The second kappa shape index (κ2) is 5.38. The first-order chi connectivity index (χ1) is 9.72. The molecule has 0 radical (unpaired) electrons. The van der Waals surface area contributed by atoms with Gasteiger partial charge in [-0.15, -0.1) is 0 Å². The van der Waals surface area contributed by atoms with E-state index in [2.05, 4.69) is 15.3 Å². The van der Waals surface area contributed by atoms with E-state index in [0.29, 0.717) is 11.8 Å². The van der Waals surface area contributed by atoms with E-state index in [9.17, 15) is 0 Å². The van der Waals surface area contributed by atoms with Gasteiger partial charge in [-0.25, -0.2) is 4.98 Å². The van der Waals surface area contributed by atoms with Crippen molar-refractivity contribution in [3.05, 3.63) is 41.9 Å². The van der Waals surface area contributed by atoms with Gasteiger partial charge in [0.2, 0.25) is 0 Å². The number of aromatic nitrogens is 2. The first kappa shape index (κ1) is 13.3. The van der Waals surface area contributed by atoms with Gasteiger partial charge in [-0.3, -0.25) is 4.98 Å². The maximum Gasteiger partial charge on any atom is 0.138 e.